The third-order valence-corrected chi connectivity index (χ3v) is 7.74. The molecule has 2 aromatic heterocycles. The van der Waals surface area contributed by atoms with Gasteiger partial charge in [-0.15, -0.1) is 0 Å². The summed E-state index contributed by atoms with van der Waals surface area (Å²) in [5.41, 5.74) is -3.57. The summed E-state index contributed by atoms with van der Waals surface area (Å²) >= 11 is -0.238. The van der Waals surface area contributed by atoms with Crippen LogP contribution in [-0.2, 0) is 0 Å². The largest absolute Gasteiger partial charge is 0.495 e. The summed E-state index contributed by atoms with van der Waals surface area (Å²) in [4.78, 5) is 14.1. The summed E-state index contributed by atoms with van der Waals surface area (Å²) in [6.45, 7) is 4.48. The highest BCUT2D eigenvalue weighted by Crippen LogP contribution is 2.41. The molecule has 3 heterocycles. The number of hydrogen-bond donors (Lipinski definition) is 4. The zero-order valence-electron chi connectivity index (χ0n) is 23.1. The van der Waals surface area contributed by atoms with E-state index in [0.29, 0.717) is 34.9 Å². The topological polar surface area (TPSA) is 103 Å². The number of rotatable bonds is 9. The van der Waals surface area contributed by atoms with E-state index in [1.807, 2.05) is 0 Å². The summed E-state index contributed by atoms with van der Waals surface area (Å²) < 4.78 is 47.5. The average Bonchev–Trinajstić information content (AvgIpc) is 3.28. The minimum absolute atomic E-state index is 0.0115. The molecule has 0 unspecified atom stereocenters. The lowest BCUT2D eigenvalue weighted by Crippen LogP contribution is -2.48. The summed E-state index contributed by atoms with van der Waals surface area (Å²) in [5, 5.41) is 22.8. The van der Waals surface area contributed by atoms with Gasteiger partial charge in [0, 0.05) is 37.8 Å². The molecule has 0 atom stereocenters. The number of β-amino-alcohol motifs (C(OH)–C–C–N with tert-alkyl or cyclic N) is 1. The minimum Gasteiger partial charge on any atom is -0.495 e. The van der Waals surface area contributed by atoms with Gasteiger partial charge in [0.15, 0.2) is 0 Å². The van der Waals surface area contributed by atoms with Gasteiger partial charge in [-0.1, -0.05) is 12.0 Å². The summed E-state index contributed by atoms with van der Waals surface area (Å²) in [7, 11) is 3.02. The standard InChI is InChI=1S/C28H33F3N6O3S/c1-27(11-14-36(15-12-27)16-17-38)34-24-8-4-7-22-25(41-28(29,30)31)20(35-37(22)24)6-5-13-33-21-18-19(26(39)32-2)9-10-23(21)40-3/h4,7-10,18,33-34,38H,11-17H2,1-3H3,(H,32,39). The van der Waals surface area contributed by atoms with Crippen LogP contribution in [0, 0.1) is 11.8 Å². The number of nitrogens with one attached hydrogen (secondary N) is 3. The lowest BCUT2D eigenvalue weighted by Gasteiger charge is -2.40. The number of likely N-dealkylation sites (tertiary alicyclic amines) is 1. The monoisotopic (exact) mass is 590 g/mol. The third kappa shape index (κ3) is 7.58. The molecule has 0 aliphatic carbocycles. The van der Waals surface area contributed by atoms with Crippen LogP contribution < -0.4 is 20.7 Å². The Morgan fingerprint density at radius 2 is 2.00 bits per heavy atom. The molecule has 0 radical (unpaired) electrons. The first-order valence-corrected chi connectivity index (χ1v) is 13.9. The Labute approximate surface area is 240 Å². The predicted molar refractivity (Wildman–Crippen MR) is 154 cm³/mol. The van der Waals surface area contributed by atoms with Gasteiger partial charge in [-0.25, -0.2) is 4.52 Å². The number of benzene rings is 1. The highest BCUT2D eigenvalue weighted by Gasteiger charge is 2.34. The van der Waals surface area contributed by atoms with Gasteiger partial charge in [0.1, 0.15) is 17.3 Å². The van der Waals surface area contributed by atoms with Gasteiger partial charge in [-0.05, 0) is 67.8 Å². The van der Waals surface area contributed by atoms with Crippen LogP contribution in [0.25, 0.3) is 5.52 Å². The van der Waals surface area contributed by atoms with E-state index < -0.39 is 5.51 Å². The van der Waals surface area contributed by atoms with Gasteiger partial charge < -0.3 is 30.7 Å². The fourth-order valence-electron chi connectivity index (χ4n) is 4.69. The van der Waals surface area contributed by atoms with Gasteiger partial charge in [0.2, 0.25) is 0 Å². The number of aromatic nitrogens is 2. The molecule has 1 amide bonds. The van der Waals surface area contributed by atoms with E-state index in [9.17, 15) is 23.1 Å². The van der Waals surface area contributed by atoms with Gasteiger partial charge in [0.05, 0.1) is 36.4 Å². The lowest BCUT2D eigenvalue weighted by molar-refractivity contribution is -0.0327. The maximum Gasteiger partial charge on any atom is 0.446 e. The molecule has 220 valence electrons. The zero-order chi connectivity index (χ0) is 29.6. The van der Waals surface area contributed by atoms with Crippen molar-refractivity contribution in [3.63, 3.8) is 0 Å². The molecule has 9 nitrogen and oxygen atoms in total. The van der Waals surface area contributed by atoms with Crippen molar-refractivity contribution in [2.45, 2.75) is 35.7 Å². The third-order valence-electron chi connectivity index (χ3n) is 6.90. The van der Waals surface area contributed by atoms with Gasteiger partial charge in [-0.2, -0.15) is 18.3 Å². The van der Waals surface area contributed by atoms with Crippen molar-refractivity contribution in [3.05, 3.63) is 47.7 Å². The van der Waals surface area contributed by atoms with Crippen LogP contribution in [0.2, 0.25) is 0 Å². The van der Waals surface area contributed by atoms with E-state index in [-0.39, 0.29) is 46.9 Å². The predicted octanol–water partition coefficient (Wildman–Crippen LogP) is 4.04. The van der Waals surface area contributed by atoms with Gasteiger partial charge >= 0.3 is 5.51 Å². The van der Waals surface area contributed by atoms with Crippen LogP contribution in [0.3, 0.4) is 0 Å². The van der Waals surface area contributed by atoms with Crippen molar-refractivity contribution in [2.75, 3.05) is 57.6 Å². The summed E-state index contributed by atoms with van der Waals surface area (Å²) in [6, 6.07) is 9.97. The number of piperidine rings is 1. The van der Waals surface area contributed by atoms with Crippen LogP contribution in [0.4, 0.5) is 24.7 Å². The van der Waals surface area contributed by atoms with Crippen LogP contribution >= 0.6 is 11.8 Å². The number of halogens is 3. The van der Waals surface area contributed by atoms with E-state index in [1.54, 1.807) is 36.4 Å². The second-order valence-corrected chi connectivity index (χ2v) is 10.9. The number of hydrogen-bond acceptors (Lipinski definition) is 8. The van der Waals surface area contributed by atoms with Crippen molar-refractivity contribution in [1.29, 1.82) is 0 Å². The number of carbonyl (C=O) groups is 1. The minimum atomic E-state index is -4.53. The fourth-order valence-corrected chi connectivity index (χ4v) is 5.36. The van der Waals surface area contributed by atoms with Gasteiger partial charge in [-0.3, -0.25) is 4.79 Å². The number of thioether (sulfide) groups is 1. The highest BCUT2D eigenvalue weighted by molar-refractivity contribution is 8.00. The first-order valence-electron chi connectivity index (χ1n) is 13.1. The first-order chi connectivity index (χ1) is 19.6. The number of carbonyl (C=O) groups excluding carboxylic acids is 1. The zero-order valence-corrected chi connectivity index (χ0v) is 23.9. The molecule has 41 heavy (non-hydrogen) atoms. The summed E-state index contributed by atoms with van der Waals surface area (Å²) in [6.07, 6.45) is 1.61. The molecule has 4 N–H and O–H groups in total. The molecular formula is C28H33F3N6O3S. The molecule has 3 aromatic rings. The van der Waals surface area contributed by atoms with E-state index in [4.69, 9.17) is 4.74 Å². The van der Waals surface area contributed by atoms with Crippen molar-refractivity contribution < 1.29 is 27.8 Å². The number of pyridine rings is 1. The SMILES string of the molecule is CNC(=O)c1ccc(OC)c(NCC#Cc2nn3c(NC4(C)CCN(CCO)CC4)cccc3c2SC(F)(F)F)c1. The van der Waals surface area contributed by atoms with E-state index in [2.05, 4.69) is 44.7 Å². The number of methoxy groups -OCH3 is 1. The van der Waals surface area contributed by atoms with Crippen molar-refractivity contribution >= 4 is 34.7 Å². The summed E-state index contributed by atoms with van der Waals surface area (Å²) in [5.74, 6) is 6.45. The molecule has 1 fully saturated rings. The molecule has 0 saturated carbocycles. The number of amides is 1. The molecule has 0 bridgehead atoms. The maximum atomic E-state index is 13.6. The normalized spacial score (nSPS) is 15.2. The molecular weight excluding hydrogens is 557 g/mol. The molecule has 4 rings (SSSR count). The quantitative estimate of drug-likeness (QED) is 0.219. The second kappa shape index (κ2) is 12.9. The van der Waals surface area contributed by atoms with Crippen LogP contribution in [-0.4, -0.2) is 83.5 Å². The van der Waals surface area contributed by atoms with E-state index in [1.165, 1.54) is 18.7 Å². The Kier molecular flexibility index (Phi) is 9.57. The number of anilines is 2. The fraction of sp³-hybridized carbons (Fsp3) is 0.429. The lowest BCUT2D eigenvalue weighted by atomic mass is 9.89. The number of aliphatic hydroxyl groups is 1. The Morgan fingerprint density at radius 1 is 1.24 bits per heavy atom. The maximum absolute atomic E-state index is 13.6. The number of nitrogens with zero attached hydrogens (tertiary/aromatic N) is 3. The van der Waals surface area contributed by atoms with Crippen molar-refractivity contribution in [3.8, 4) is 17.6 Å². The molecule has 1 aliphatic rings. The van der Waals surface area contributed by atoms with Crippen molar-refractivity contribution in [2.24, 2.45) is 0 Å². The van der Waals surface area contributed by atoms with E-state index >= 15 is 0 Å². The average molecular weight is 591 g/mol. The van der Waals surface area contributed by atoms with Crippen LogP contribution in [0.1, 0.15) is 35.8 Å². The Morgan fingerprint density at radius 3 is 2.66 bits per heavy atom. The number of ether oxygens (including phenoxy) is 1. The number of aliphatic hydroxyl groups excluding tert-OH is 1. The molecule has 1 aromatic carbocycles. The van der Waals surface area contributed by atoms with E-state index in [0.717, 1.165) is 25.9 Å². The first kappa shape index (κ1) is 30.4. The Hall–Kier alpha value is -3.60. The second-order valence-electron chi connectivity index (χ2n) is 9.83. The van der Waals surface area contributed by atoms with Crippen LogP contribution in [0.15, 0.2) is 41.3 Å². The molecule has 0 spiro atoms. The highest BCUT2D eigenvalue weighted by atomic mass is 32.2. The molecule has 13 heteroatoms. The number of fused-ring (bicyclic) bond motifs is 1. The Balaban J connectivity index is 1.60. The Bertz CT molecular complexity index is 1440. The van der Waals surface area contributed by atoms with Gasteiger partial charge in [0.25, 0.3) is 5.91 Å². The molecule has 1 saturated heterocycles. The van der Waals surface area contributed by atoms with Crippen molar-refractivity contribution in [1.82, 2.24) is 19.8 Å². The number of alkyl halides is 3. The molecule has 1 aliphatic heterocycles. The smallest absolute Gasteiger partial charge is 0.446 e. The van der Waals surface area contributed by atoms with Crippen LogP contribution in [0.5, 0.6) is 5.75 Å².